The molecule has 7 nitrogen and oxygen atoms in total. The van der Waals surface area contributed by atoms with Crippen molar-refractivity contribution in [3.63, 3.8) is 0 Å². The van der Waals surface area contributed by atoms with E-state index in [9.17, 15) is 13.2 Å². The van der Waals surface area contributed by atoms with Gasteiger partial charge in [0.1, 0.15) is 0 Å². The Kier molecular flexibility index (Phi) is 6.26. The predicted molar refractivity (Wildman–Crippen MR) is 93.8 cm³/mol. The minimum absolute atomic E-state index is 0.0419. The third kappa shape index (κ3) is 4.80. The molecule has 2 atom stereocenters. The van der Waals surface area contributed by atoms with Gasteiger partial charge >= 0.3 is 0 Å². The summed E-state index contributed by atoms with van der Waals surface area (Å²) in [5, 5.41) is 11.6. The van der Waals surface area contributed by atoms with Crippen molar-refractivity contribution in [2.24, 2.45) is 0 Å². The maximum Gasteiger partial charge on any atom is 0.236 e. The number of hydrogen-bond donors (Lipinski definition) is 1. The third-order valence-corrected chi connectivity index (χ3v) is 7.44. The van der Waals surface area contributed by atoms with Crippen LogP contribution in [0.1, 0.15) is 27.2 Å². The summed E-state index contributed by atoms with van der Waals surface area (Å²) >= 11 is 2.78. The second-order valence-electron chi connectivity index (χ2n) is 5.34. The van der Waals surface area contributed by atoms with E-state index < -0.39 is 9.84 Å². The number of hydrogen-bond acceptors (Lipinski definition) is 8. The second-order valence-corrected chi connectivity index (χ2v) is 10.1. The lowest BCUT2D eigenvalue weighted by Gasteiger charge is -2.29. The standard InChI is InChI=1S/C13H22N4O3S3/c1-4-14-12-15-16-13(22-12)21-9(3)11(18)17(5-2)10-6-7-23(19,20)8-10/h9-10H,4-8H2,1-3H3,(H,14,15)/t9-,10-/m0/s1. The van der Waals surface area contributed by atoms with Crippen LogP contribution < -0.4 is 5.32 Å². The second kappa shape index (κ2) is 7.80. The molecular formula is C13H22N4O3S3. The summed E-state index contributed by atoms with van der Waals surface area (Å²) in [6, 6.07) is -0.202. The molecule has 0 saturated carbocycles. The van der Waals surface area contributed by atoms with Gasteiger partial charge in [-0.1, -0.05) is 23.1 Å². The van der Waals surface area contributed by atoms with Gasteiger partial charge in [-0.15, -0.1) is 10.2 Å². The summed E-state index contributed by atoms with van der Waals surface area (Å²) in [7, 11) is -3.00. The van der Waals surface area contributed by atoms with Crippen LogP contribution in [0.2, 0.25) is 0 Å². The molecule has 1 aromatic rings. The Bertz CT molecular complexity index is 647. The van der Waals surface area contributed by atoms with E-state index in [1.54, 1.807) is 4.90 Å². The fourth-order valence-corrected chi connectivity index (χ4v) is 6.30. The summed E-state index contributed by atoms with van der Waals surface area (Å²) in [6.45, 7) is 6.98. The van der Waals surface area contributed by atoms with Crippen molar-refractivity contribution >= 4 is 44.0 Å². The number of thioether (sulfide) groups is 1. The Morgan fingerprint density at radius 3 is 2.78 bits per heavy atom. The van der Waals surface area contributed by atoms with Crippen molar-refractivity contribution in [1.82, 2.24) is 15.1 Å². The molecule has 1 aromatic heterocycles. The van der Waals surface area contributed by atoms with Crippen LogP contribution in [0.3, 0.4) is 0 Å². The van der Waals surface area contributed by atoms with Gasteiger partial charge in [0, 0.05) is 19.1 Å². The first-order valence-electron chi connectivity index (χ1n) is 7.61. The molecule has 1 aliphatic heterocycles. The number of rotatable bonds is 7. The highest BCUT2D eigenvalue weighted by molar-refractivity contribution is 8.02. The Labute approximate surface area is 145 Å². The zero-order valence-electron chi connectivity index (χ0n) is 13.5. The first-order valence-corrected chi connectivity index (χ1v) is 11.1. The Morgan fingerprint density at radius 1 is 1.48 bits per heavy atom. The molecule has 1 N–H and O–H groups in total. The van der Waals surface area contributed by atoms with Gasteiger partial charge in [0.05, 0.1) is 16.8 Å². The van der Waals surface area contributed by atoms with Crippen LogP contribution in [0.25, 0.3) is 0 Å². The smallest absolute Gasteiger partial charge is 0.236 e. The number of aromatic nitrogens is 2. The molecular weight excluding hydrogens is 356 g/mol. The topological polar surface area (TPSA) is 92.3 Å². The molecule has 0 bridgehead atoms. The van der Waals surface area contributed by atoms with E-state index in [0.29, 0.717) is 13.0 Å². The number of nitrogens with one attached hydrogen (secondary N) is 1. The number of nitrogens with zero attached hydrogens (tertiary/aromatic N) is 3. The molecule has 0 spiro atoms. The quantitative estimate of drug-likeness (QED) is 0.719. The Morgan fingerprint density at radius 2 is 2.22 bits per heavy atom. The number of amides is 1. The molecule has 2 heterocycles. The van der Waals surface area contributed by atoms with E-state index in [-0.39, 0.29) is 28.7 Å². The normalized spacial score (nSPS) is 21.1. The summed E-state index contributed by atoms with van der Waals surface area (Å²) in [4.78, 5) is 14.3. The third-order valence-electron chi connectivity index (χ3n) is 3.63. The van der Waals surface area contributed by atoms with Crippen LogP contribution in [-0.4, -0.2) is 65.3 Å². The molecule has 2 rings (SSSR count). The first-order chi connectivity index (χ1) is 10.9. The van der Waals surface area contributed by atoms with Crippen molar-refractivity contribution in [3.05, 3.63) is 0 Å². The predicted octanol–water partition coefficient (Wildman–Crippen LogP) is 1.49. The van der Waals surface area contributed by atoms with Gasteiger partial charge < -0.3 is 10.2 Å². The van der Waals surface area contributed by atoms with Crippen LogP contribution in [-0.2, 0) is 14.6 Å². The molecule has 130 valence electrons. The molecule has 10 heteroatoms. The average Bonchev–Trinajstić information content (AvgIpc) is 3.06. The molecule has 0 aliphatic carbocycles. The minimum Gasteiger partial charge on any atom is -0.360 e. The number of carbonyl (C=O) groups is 1. The highest BCUT2D eigenvalue weighted by atomic mass is 32.2. The van der Waals surface area contributed by atoms with Crippen molar-refractivity contribution in [2.45, 2.75) is 42.8 Å². The van der Waals surface area contributed by atoms with E-state index in [4.69, 9.17) is 0 Å². The van der Waals surface area contributed by atoms with E-state index in [2.05, 4.69) is 15.5 Å². The highest BCUT2D eigenvalue weighted by Gasteiger charge is 2.35. The van der Waals surface area contributed by atoms with Crippen LogP contribution >= 0.6 is 23.1 Å². The fourth-order valence-electron chi connectivity index (χ4n) is 2.53. The van der Waals surface area contributed by atoms with E-state index in [1.165, 1.54) is 23.1 Å². The Hall–Kier alpha value is -0.870. The van der Waals surface area contributed by atoms with E-state index >= 15 is 0 Å². The summed E-state index contributed by atoms with van der Waals surface area (Å²) in [5.74, 6) is 0.207. The first kappa shape index (κ1) is 18.5. The lowest BCUT2D eigenvalue weighted by Crippen LogP contribution is -2.44. The lowest BCUT2D eigenvalue weighted by molar-refractivity contribution is -0.131. The van der Waals surface area contributed by atoms with Crippen LogP contribution in [0.15, 0.2) is 4.34 Å². The van der Waals surface area contributed by atoms with Gasteiger partial charge in [0.25, 0.3) is 0 Å². The largest absolute Gasteiger partial charge is 0.360 e. The van der Waals surface area contributed by atoms with Crippen molar-refractivity contribution in [2.75, 3.05) is 29.9 Å². The fraction of sp³-hybridized carbons (Fsp3) is 0.769. The summed E-state index contributed by atoms with van der Waals surface area (Å²) < 4.78 is 24.0. The minimum atomic E-state index is -3.00. The van der Waals surface area contributed by atoms with Crippen LogP contribution in [0.5, 0.6) is 0 Å². The molecule has 0 unspecified atom stereocenters. The van der Waals surface area contributed by atoms with Gasteiger partial charge in [-0.3, -0.25) is 4.79 Å². The van der Waals surface area contributed by atoms with Gasteiger partial charge in [-0.2, -0.15) is 0 Å². The van der Waals surface area contributed by atoms with Crippen molar-refractivity contribution in [3.8, 4) is 0 Å². The summed E-state index contributed by atoms with van der Waals surface area (Å²) in [5.41, 5.74) is 0. The molecule has 0 radical (unpaired) electrons. The highest BCUT2D eigenvalue weighted by Crippen LogP contribution is 2.30. The molecule has 1 aliphatic rings. The monoisotopic (exact) mass is 378 g/mol. The zero-order chi connectivity index (χ0) is 17.0. The number of sulfone groups is 1. The van der Waals surface area contributed by atoms with Crippen molar-refractivity contribution < 1.29 is 13.2 Å². The summed E-state index contributed by atoms with van der Waals surface area (Å²) in [6.07, 6.45) is 0.530. The number of carbonyl (C=O) groups excluding carboxylic acids is 1. The van der Waals surface area contributed by atoms with Gasteiger partial charge in [0.2, 0.25) is 11.0 Å². The number of anilines is 1. The van der Waals surface area contributed by atoms with Crippen LogP contribution in [0.4, 0.5) is 5.13 Å². The average molecular weight is 379 g/mol. The van der Waals surface area contributed by atoms with E-state index in [0.717, 1.165) is 16.0 Å². The van der Waals surface area contributed by atoms with Gasteiger partial charge in [-0.05, 0) is 27.2 Å². The van der Waals surface area contributed by atoms with Gasteiger partial charge in [0.15, 0.2) is 14.2 Å². The van der Waals surface area contributed by atoms with E-state index in [1.807, 2.05) is 20.8 Å². The Balaban J connectivity index is 1.99. The molecule has 1 fully saturated rings. The van der Waals surface area contributed by atoms with Gasteiger partial charge in [-0.25, -0.2) is 8.42 Å². The molecule has 1 saturated heterocycles. The maximum absolute atomic E-state index is 12.7. The molecule has 23 heavy (non-hydrogen) atoms. The SMILES string of the molecule is CCNc1nnc(S[C@@H](C)C(=O)N(CC)[C@H]2CCS(=O)(=O)C2)s1. The molecule has 0 aromatic carbocycles. The maximum atomic E-state index is 12.7. The van der Waals surface area contributed by atoms with Crippen LogP contribution in [0, 0.1) is 0 Å². The van der Waals surface area contributed by atoms with Crippen molar-refractivity contribution in [1.29, 1.82) is 0 Å². The molecule has 1 amide bonds. The zero-order valence-corrected chi connectivity index (χ0v) is 15.9. The lowest BCUT2D eigenvalue weighted by atomic mass is 10.2.